The molecule has 0 heterocycles. The van der Waals surface area contributed by atoms with Gasteiger partial charge in [0.05, 0.1) is 23.5 Å². The van der Waals surface area contributed by atoms with Gasteiger partial charge in [0.2, 0.25) is 5.91 Å². The lowest BCUT2D eigenvalue weighted by Gasteiger charge is -2.23. The Hall–Kier alpha value is -2.90. The zero-order valence-electron chi connectivity index (χ0n) is 16.3. The van der Waals surface area contributed by atoms with E-state index in [-0.39, 0.29) is 23.8 Å². The van der Waals surface area contributed by atoms with E-state index in [0.29, 0.717) is 5.69 Å². The van der Waals surface area contributed by atoms with Crippen LogP contribution in [0.3, 0.4) is 0 Å². The molecule has 0 bridgehead atoms. The smallest absolute Gasteiger partial charge is 0.261 e. The summed E-state index contributed by atoms with van der Waals surface area (Å²) in [4.78, 5) is 12.2. The average molecular weight is 413 g/mol. The highest BCUT2D eigenvalue weighted by molar-refractivity contribution is 7.92. The molecule has 3 aromatic carbocycles. The van der Waals surface area contributed by atoms with Crippen molar-refractivity contribution in [1.29, 1.82) is 0 Å². The van der Waals surface area contributed by atoms with E-state index in [1.807, 2.05) is 24.3 Å². The normalized spacial score (nSPS) is 12.0. The van der Waals surface area contributed by atoms with E-state index < -0.39 is 15.6 Å². The second-order valence-corrected chi connectivity index (χ2v) is 9.26. The fraction of sp³-hybridized carbons (Fsp3) is 0.227. The van der Waals surface area contributed by atoms with Gasteiger partial charge < -0.3 is 10.4 Å². The SMILES string of the molecule is CC(C)(CO)NC(=O)Cc1ccc(NS(=O)(=O)c2ccc3ccccc3c2)cc1. The van der Waals surface area contributed by atoms with Crippen LogP contribution in [0.15, 0.2) is 71.6 Å². The number of benzene rings is 3. The standard InChI is InChI=1S/C22H24N2O4S/c1-22(2,15-25)23-21(26)13-16-7-10-19(11-8-16)24-29(27,28)20-12-9-17-5-3-4-6-18(17)14-20/h3-12,14,24-25H,13,15H2,1-2H3,(H,23,26). The van der Waals surface area contributed by atoms with E-state index in [1.54, 1.807) is 56.3 Å². The summed E-state index contributed by atoms with van der Waals surface area (Å²) < 4.78 is 28.0. The van der Waals surface area contributed by atoms with E-state index in [2.05, 4.69) is 10.0 Å². The van der Waals surface area contributed by atoms with Gasteiger partial charge in [-0.25, -0.2) is 8.42 Å². The first kappa shape index (κ1) is 20.8. The molecule has 0 spiro atoms. The predicted molar refractivity (Wildman–Crippen MR) is 114 cm³/mol. The molecule has 1 amide bonds. The van der Waals surface area contributed by atoms with Crippen molar-refractivity contribution in [1.82, 2.24) is 5.32 Å². The summed E-state index contributed by atoms with van der Waals surface area (Å²) in [6.45, 7) is 3.30. The summed E-state index contributed by atoms with van der Waals surface area (Å²) in [5, 5.41) is 13.8. The van der Waals surface area contributed by atoms with E-state index >= 15 is 0 Å². The first-order valence-electron chi connectivity index (χ1n) is 9.21. The van der Waals surface area contributed by atoms with E-state index in [1.165, 1.54) is 0 Å². The highest BCUT2D eigenvalue weighted by atomic mass is 32.2. The molecule has 7 heteroatoms. The van der Waals surface area contributed by atoms with Crippen molar-refractivity contribution in [2.75, 3.05) is 11.3 Å². The molecule has 0 unspecified atom stereocenters. The zero-order valence-corrected chi connectivity index (χ0v) is 17.2. The lowest BCUT2D eigenvalue weighted by atomic mass is 10.1. The van der Waals surface area contributed by atoms with Crippen molar-refractivity contribution in [3.05, 3.63) is 72.3 Å². The number of hydrogen-bond donors (Lipinski definition) is 3. The fourth-order valence-electron chi connectivity index (χ4n) is 2.89. The van der Waals surface area contributed by atoms with Crippen LogP contribution in [0.2, 0.25) is 0 Å². The summed E-state index contributed by atoms with van der Waals surface area (Å²) in [5.74, 6) is -0.214. The number of hydrogen-bond acceptors (Lipinski definition) is 4. The minimum absolute atomic E-state index is 0.140. The Morgan fingerprint density at radius 1 is 0.966 bits per heavy atom. The molecule has 3 aromatic rings. The molecule has 0 saturated heterocycles. The second-order valence-electron chi connectivity index (χ2n) is 7.58. The number of anilines is 1. The molecule has 0 radical (unpaired) electrons. The summed E-state index contributed by atoms with van der Waals surface area (Å²) in [5.41, 5.74) is 0.467. The van der Waals surface area contributed by atoms with Crippen LogP contribution in [0.1, 0.15) is 19.4 Å². The van der Waals surface area contributed by atoms with Crippen LogP contribution >= 0.6 is 0 Å². The number of fused-ring (bicyclic) bond motifs is 1. The summed E-state index contributed by atoms with van der Waals surface area (Å²) in [6, 6.07) is 19.2. The van der Waals surface area contributed by atoms with Crippen LogP contribution in [0.4, 0.5) is 5.69 Å². The minimum atomic E-state index is -3.73. The highest BCUT2D eigenvalue weighted by Crippen LogP contribution is 2.21. The Kier molecular flexibility index (Phi) is 5.91. The van der Waals surface area contributed by atoms with Gasteiger partial charge in [-0.1, -0.05) is 42.5 Å². The van der Waals surface area contributed by atoms with Crippen molar-refractivity contribution in [2.45, 2.75) is 30.7 Å². The van der Waals surface area contributed by atoms with Gasteiger partial charge in [-0.3, -0.25) is 9.52 Å². The maximum Gasteiger partial charge on any atom is 0.261 e. The summed E-state index contributed by atoms with van der Waals surface area (Å²) in [6.07, 6.45) is 0.140. The number of aliphatic hydroxyl groups is 1. The molecule has 0 aliphatic carbocycles. The summed E-state index contributed by atoms with van der Waals surface area (Å²) >= 11 is 0. The van der Waals surface area contributed by atoms with Crippen molar-refractivity contribution in [3.8, 4) is 0 Å². The van der Waals surface area contributed by atoms with Gasteiger partial charge in [0.25, 0.3) is 10.0 Å². The van der Waals surface area contributed by atoms with Crippen LogP contribution in [0.25, 0.3) is 10.8 Å². The van der Waals surface area contributed by atoms with Crippen LogP contribution in [0, 0.1) is 0 Å². The van der Waals surface area contributed by atoms with Gasteiger partial charge in [0, 0.05) is 5.69 Å². The Morgan fingerprint density at radius 2 is 1.62 bits per heavy atom. The van der Waals surface area contributed by atoms with Crippen molar-refractivity contribution >= 4 is 32.4 Å². The Labute approximate surface area is 170 Å². The third-order valence-corrected chi connectivity index (χ3v) is 5.85. The number of carbonyl (C=O) groups excluding carboxylic acids is 1. The maximum atomic E-state index is 12.7. The zero-order chi connectivity index (χ0) is 21.1. The van der Waals surface area contributed by atoms with E-state index in [4.69, 9.17) is 0 Å². The molecule has 152 valence electrons. The van der Waals surface area contributed by atoms with Gasteiger partial charge in [-0.15, -0.1) is 0 Å². The molecule has 0 fully saturated rings. The van der Waals surface area contributed by atoms with Crippen LogP contribution in [0.5, 0.6) is 0 Å². The second kappa shape index (κ2) is 8.23. The molecule has 6 nitrogen and oxygen atoms in total. The molecule has 0 aliphatic heterocycles. The largest absolute Gasteiger partial charge is 0.394 e. The van der Waals surface area contributed by atoms with Crippen molar-refractivity contribution < 1.29 is 18.3 Å². The Bertz CT molecular complexity index is 1120. The molecular formula is C22H24N2O4S. The lowest BCUT2D eigenvalue weighted by Crippen LogP contribution is -2.46. The molecular weight excluding hydrogens is 388 g/mol. The number of aliphatic hydroxyl groups excluding tert-OH is 1. The topological polar surface area (TPSA) is 95.5 Å². The molecule has 0 saturated carbocycles. The molecule has 29 heavy (non-hydrogen) atoms. The van der Waals surface area contributed by atoms with Crippen LogP contribution < -0.4 is 10.0 Å². The van der Waals surface area contributed by atoms with Gasteiger partial charge in [-0.05, 0) is 54.4 Å². The van der Waals surface area contributed by atoms with E-state index in [9.17, 15) is 18.3 Å². The fourth-order valence-corrected chi connectivity index (χ4v) is 3.98. The highest BCUT2D eigenvalue weighted by Gasteiger charge is 2.19. The Balaban J connectivity index is 1.70. The van der Waals surface area contributed by atoms with Gasteiger partial charge >= 0.3 is 0 Å². The first-order valence-corrected chi connectivity index (χ1v) is 10.7. The van der Waals surface area contributed by atoms with E-state index in [0.717, 1.165) is 16.3 Å². The third kappa shape index (κ3) is 5.34. The number of carbonyl (C=O) groups is 1. The quantitative estimate of drug-likeness (QED) is 0.556. The third-order valence-electron chi connectivity index (χ3n) is 4.48. The monoisotopic (exact) mass is 412 g/mol. The number of rotatable bonds is 7. The Morgan fingerprint density at radius 3 is 2.28 bits per heavy atom. The van der Waals surface area contributed by atoms with Gasteiger partial charge in [0.15, 0.2) is 0 Å². The molecule has 3 N–H and O–H groups in total. The van der Waals surface area contributed by atoms with Crippen LogP contribution in [-0.4, -0.2) is 31.6 Å². The first-order chi connectivity index (χ1) is 13.7. The van der Waals surface area contributed by atoms with Crippen LogP contribution in [-0.2, 0) is 21.2 Å². The molecule has 0 aliphatic rings. The minimum Gasteiger partial charge on any atom is -0.394 e. The molecule has 3 rings (SSSR count). The lowest BCUT2D eigenvalue weighted by molar-refractivity contribution is -0.122. The van der Waals surface area contributed by atoms with Crippen molar-refractivity contribution in [3.63, 3.8) is 0 Å². The number of nitrogens with one attached hydrogen (secondary N) is 2. The average Bonchev–Trinajstić information content (AvgIpc) is 2.68. The van der Waals surface area contributed by atoms with Crippen molar-refractivity contribution in [2.24, 2.45) is 0 Å². The summed E-state index contributed by atoms with van der Waals surface area (Å²) in [7, 11) is -3.73. The predicted octanol–water partition coefficient (Wildman–Crippen LogP) is 3.07. The molecule has 0 atom stereocenters. The van der Waals surface area contributed by atoms with Gasteiger partial charge in [0.1, 0.15) is 0 Å². The number of amides is 1. The maximum absolute atomic E-state index is 12.7. The number of sulfonamides is 1. The molecule has 0 aromatic heterocycles. The van der Waals surface area contributed by atoms with Gasteiger partial charge in [-0.2, -0.15) is 0 Å².